The van der Waals surface area contributed by atoms with E-state index in [1.165, 1.54) is 29.7 Å². The number of thiazole rings is 1. The highest BCUT2D eigenvalue weighted by molar-refractivity contribution is 7.13. The lowest BCUT2D eigenvalue weighted by Crippen LogP contribution is -2.19. The number of hydrogen-bond acceptors (Lipinski definition) is 5. The number of hydrogen-bond donors (Lipinski definition) is 1. The first-order valence-corrected chi connectivity index (χ1v) is 6.81. The molecule has 8 heteroatoms. The minimum absolute atomic E-state index is 0.140. The summed E-state index contributed by atoms with van der Waals surface area (Å²) in [6.45, 7) is 0.553. The number of nitrogens with zero attached hydrogens (tertiary/aromatic N) is 2. The maximum Gasteiger partial charge on any atom is 0.422 e. The summed E-state index contributed by atoms with van der Waals surface area (Å²) < 4.78 is 40.9. The first-order chi connectivity index (χ1) is 9.92. The smallest absolute Gasteiger partial charge is 0.422 e. The Morgan fingerprint density at radius 2 is 2.24 bits per heavy atom. The minimum Gasteiger partial charge on any atom is -0.484 e. The molecular weight excluding hydrogens is 303 g/mol. The Morgan fingerprint density at radius 3 is 2.90 bits per heavy atom. The molecule has 0 aliphatic carbocycles. The molecule has 1 aromatic heterocycles. The molecule has 2 rings (SSSR count). The van der Waals surface area contributed by atoms with Crippen LogP contribution in [0.4, 0.5) is 18.3 Å². The quantitative estimate of drug-likeness (QED) is 0.673. The Labute approximate surface area is 123 Å². The van der Waals surface area contributed by atoms with Crippen molar-refractivity contribution in [3.8, 4) is 5.75 Å². The Hall–Kier alpha value is -2.09. The van der Waals surface area contributed by atoms with E-state index in [0.717, 1.165) is 5.69 Å². The molecule has 0 saturated heterocycles. The van der Waals surface area contributed by atoms with E-state index in [9.17, 15) is 13.2 Å². The molecule has 0 unspecified atom stereocenters. The molecule has 0 aliphatic heterocycles. The van der Waals surface area contributed by atoms with Crippen LogP contribution in [0.15, 0.2) is 34.7 Å². The second-order valence-corrected chi connectivity index (χ2v) is 5.00. The summed E-state index contributed by atoms with van der Waals surface area (Å²) >= 11 is 1.41. The molecule has 0 bridgehead atoms. The predicted molar refractivity (Wildman–Crippen MR) is 76.1 cm³/mol. The summed E-state index contributed by atoms with van der Waals surface area (Å²) in [6.07, 6.45) is -2.87. The molecule has 112 valence electrons. The molecule has 0 atom stereocenters. The highest BCUT2D eigenvalue weighted by Gasteiger charge is 2.28. The van der Waals surface area contributed by atoms with Gasteiger partial charge >= 0.3 is 6.18 Å². The maximum atomic E-state index is 12.1. The molecule has 1 heterocycles. The summed E-state index contributed by atoms with van der Waals surface area (Å²) in [4.78, 5) is 4.16. The van der Waals surface area contributed by atoms with Crippen molar-refractivity contribution in [2.75, 3.05) is 12.0 Å². The summed E-state index contributed by atoms with van der Waals surface area (Å²) in [5.74, 6) is 0.140. The van der Waals surface area contributed by atoms with Gasteiger partial charge in [-0.1, -0.05) is 12.1 Å². The number of aryl methyl sites for hydroxylation is 1. The molecular formula is C13H12F3N3OS. The zero-order valence-corrected chi connectivity index (χ0v) is 11.8. The van der Waals surface area contributed by atoms with Crippen molar-refractivity contribution in [3.05, 3.63) is 40.9 Å². The fourth-order valence-corrected chi connectivity index (χ4v) is 2.05. The van der Waals surface area contributed by atoms with Crippen molar-refractivity contribution in [1.29, 1.82) is 0 Å². The van der Waals surface area contributed by atoms with Crippen LogP contribution in [0, 0.1) is 6.92 Å². The number of nitrogens with one attached hydrogen (secondary N) is 1. The summed E-state index contributed by atoms with van der Waals surface area (Å²) in [6, 6.07) is 6.24. The van der Waals surface area contributed by atoms with Crippen molar-refractivity contribution < 1.29 is 17.9 Å². The van der Waals surface area contributed by atoms with Crippen molar-refractivity contribution >= 4 is 22.7 Å². The van der Waals surface area contributed by atoms with E-state index in [2.05, 4.69) is 20.2 Å². The third kappa shape index (κ3) is 5.42. The normalized spacial score (nSPS) is 11.8. The number of halogens is 3. The van der Waals surface area contributed by atoms with Gasteiger partial charge in [0.25, 0.3) is 0 Å². The second kappa shape index (κ2) is 6.57. The third-order valence-corrected chi connectivity index (χ3v) is 3.12. The van der Waals surface area contributed by atoms with Crippen LogP contribution in [0.2, 0.25) is 0 Å². The number of ether oxygens (including phenoxy) is 1. The van der Waals surface area contributed by atoms with Gasteiger partial charge in [-0.25, -0.2) is 4.98 Å². The zero-order valence-electron chi connectivity index (χ0n) is 11.0. The van der Waals surface area contributed by atoms with Gasteiger partial charge in [-0.15, -0.1) is 11.3 Å². The molecule has 0 amide bonds. The molecule has 1 N–H and O–H groups in total. The van der Waals surface area contributed by atoms with Crippen molar-refractivity contribution in [2.45, 2.75) is 13.1 Å². The van der Waals surface area contributed by atoms with Crippen LogP contribution in [0.3, 0.4) is 0 Å². The summed E-state index contributed by atoms with van der Waals surface area (Å²) in [7, 11) is 0. The van der Waals surface area contributed by atoms with E-state index < -0.39 is 12.8 Å². The monoisotopic (exact) mass is 315 g/mol. The fourth-order valence-electron chi connectivity index (χ4n) is 1.42. The van der Waals surface area contributed by atoms with Gasteiger partial charge in [0.1, 0.15) is 5.75 Å². The van der Waals surface area contributed by atoms with Gasteiger partial charge in [0, 0.05) is 5.38 Å². The lowest BCUT2D eigenvalue weighted by atomic mass is 10.2. The Kier molecular flexibility index (Phi) is 4.79. The topological polar surface area (TPSA) is 46.5 Å². The van der Waals surface area contributed by atoms with E-state index in [0.29, 0.717) is 10.7 Å². The van der Waals surface area contributed by atoms with Crippen LogP contribution in [-0.4, -0.2) is 24.0 Å². The largest absolute Gasteiger partial charge is 0.484 e. The zero-order chi connectivity index (χ0) is 15.3. The van der Waals surface area contributed by atoms with E-state index in [1.807, 2.05) is 12.3 Å². The fraction of sp³-hybridized carbons (Fsp3) is 0.231. The van der Waals surface area contributed by atoms with Crippen LogP contribution in [0.5, 0.6) is 5.75 Å². The maximum absolute atomic E-state index is 12.1. The molecule has 4 nitrogen and oxygen atoms in total. The molecule has 0 aliphatic rings. The van der Waals surface area contributed by atoms with Gasteiger partial charge in [0.05, 0.1) is 11.9 Å². The molecule has 0 radical (unpaired) electrons. The van der Waals surface area contributed by atoms with Crippen LogP contribution >= 0.6 is 11.3 Å². The van der Waals surface area contributed by atoms with Gasteiger partial charge in [0.15, 0.2) is 6.61 Å². The first kappa shape index (κ1) is 15.3. The molecule has 0 saturated carbocycles. The average Bonchev–Trinajstić information content (AvgIpc) is 2.82. The third-order valence-electron chi connectivity index (χ3n) is 2.25. The van der Waals surface area contributed by atoms with Gasteiger partial charge in [-0.3, -0.25) is 5.43 Å². The Balaban J connectivity index is 1.94. The van der Waals surface area contributed by atoms with Crippen LogP contribution in [-0.2, 0) is 0 Å². The molecule has 21 heavy (non-hydrogen) atoms. The Bertz CT molecular complexity index is 625. The predicted octanol–water partition coefficient (Wildman–Crippen LogP) is 3.84. The van der Waals surface area contributed by atoms with E-state index >= 15 is 0 Å². The van der Waals surface area contributed by atoms with Crippen LogP contribution in [0.25, 0.3) is 0 Å². The number of aromatic nitrogens is 1. The SMILES string of the molecule is Cc1csc(NN=Cc2cccc(OCC(F)(F)F)c2)n1. The van der Waals surface area contributed by atoms with Crippen LogP contribution < -0.4 is 10.2 Å². The Morgan fingerprint density at radius 1 is 1.43 bits per heavy atom. The lowest BCUT2D eigenvalue weighted by molar-refractivity contribution is -0.153. The van der Waals surface area contributed by atoms with Gasteiger partial charge in [-0.05, 0) is 24.6 Å². The number of benzene rings is 1. The van der Waals surface area contributed by atoms with Crippen LogP contribution in [0.1, 0.15) is 11.3 Å². The number of alkyl halides is 3. The van der Waals surface area contributed by atoms with Gasteiger partial charge < -0.3 is 4.74 Å². The minimum atomic E-state index is -4.35. The van der Waals surface area contributed by atoms with Crippen molar-refractivity contribution in [2.24, 2.45) is 5.10 Å². The molecule has 1 aromatic carbocycles. The number of anilines is 1. The van der Waals surface area contributed by atoms with Crippen molar-refractivity contribution in [1.82, 2.24) is 4.98 Å². The van der Waals surface area contributed by atoms with E-state index in [-0.39, 0.29) is 5.75 Å². The number of hydrazone groups is 1. The van der Waals surface area contributed by atoms with E-state index in [4.69, 9.17) is 0 Å². The van der Waals surface area contributed by atoms with E-state index in [1.54, 1.807) is 12.1 Å². The molecule has 0 fully saturated rings. The molecule has 0 spiro atoms. The average molecular weight is 315 g/mol. The van der Waals surface area contributed by atoms with Crippen molar-refractivity contribution in [3.63, 3.8) is 0 Å². The van der Waals surface area contributed by atoms with Gasteiger partial charge in [0.2, 0.25) is 5.13 Å². The summed E-state index contributed by atoms with van der Waals surface area (Å²) in [5.41, 5.74) is 4.26. The molecule has 2 aromatic rings. The summed E-state index contributed by atoms with van der Waals surface area (Å²) in [5, 5.41) is 6.50. The number of rotatable bonds is 5. The highest BCUT2D eigenvalue weighted by atomic mass is 32.1. The first-order valence-electron chi connectivity index (χ1n) is 5.93. The standard InChI is InChI=1S/C13H12F3N3OS/c1-9-7-21-12(18-9)19-17-6-10-3-2-4-11(5-10)20-8-13(14,15)16/h2-7H,8H2,1H3,(H,18,19). The van der Waals surface area contributed by atoms with Gasteiger partial charge in [-0.2, -0.15) is 18.3 Å². The highest BCUT2D eigenvalue weighted by Crippen LogP contribution is 2.19. The second-order valence-electron chi connectivity index (χ2n) is 4.14. The lowest BCUT2D eigenvalue weighted by Gasteiger charge is -2.09.